The molecule has 0 atom stereocenters. The molecule has 2 aromatic rings. The van der Waals surface area contributed by atoms with Crippen molar-refractivity contribution >= 4 is 16.0 Å². The van der Waals surface area contributed by atoms with Crippen molar-refractivity contribution < 1.29 is 18.3 Å². The van der Waals surface area contributed by atoms with Crippen LogP contribution in [0.3, 0.4) is 0 Å². The highest BCUT2D eigenvalue weighted by Crippen LogP contribution is 2.07. The van der Waals surface area contributed by atoms with E-state index in [9.17, 15) is 13.2 Å². The van der Waals surface area contributed by atoms with E-state index in [0.29, 0.717) is 5.82 Å². The van der Waals surface area contributed by atoms with Crippen LogP contribution in [0.25, 0.3) is 0 Å². The number of carboxylic acids is 1. The zero-order valence-corrected chi connectivity index (χ0v) is 11.2. The van der Waals surface area contributed by atoms with Crippen LogP contribution in [0.5, 0.6) is 0 Å². The summed E-state index contributed by atoms with van der Waals surface area (Å²) < 4.78 is 27.8. The molecule has 106 valence electrons. The van der Waals surface area contributed by atoms with Gasteiger partial charge in [0.05, 0.1) is 12.1 Å². The number of sulfonamides is 1. The van der Waals surface area contributed by atoms with Crippen molar-refractivity contribution in [1.82, 2.24) is 24.5 Å². The quantitative estimate of drug-likeness (QED) is 0.753. The Hall–Kier alpha value is -2.33. The first kappa shape index (κ1) is 14.1. The minimum absolute atomic E-state index is 0.0405. The summed E-state index contributed by atoms with van der Waals surface area (Å²) in [6.07, 6.45) is 2.43. The van der Waals surface area contributed by atoms with E-state index in [-0.39, 0.29) is 17.1 Å². The molecule has 10 heteroatoms. The van der Waals surface area contributed by atoms with Gasteiger partial charge in [-0.2, -0.15) is 0 Å². The molecule has 0 radical (unpaired) electrons. The molecule has 9 nitrogen and oxygen atoms in total. The fourth-order valence-corrected chi connectivity index (χ4v) is 2.27. The summed E-state index contributed by atoms with van der Waals surface area (Å²) in [5.74, 6) is -0.732. The maximum Gasteiger partial charge on any atom is 0.337 e. The predicted molar refractivity (Wildman–Crippen MR) is 66.2 cm³/mol. The number of carboxylic acid groups (broad SMARTS) is 1. The predicted octanol–water partition coefficient (Wildman–Crippen LogP) is -0.613. The van der Waals surface area contributed by atoms with Crippen LogP contribution in [0.2, 0.25) is 0 Å². The molecule has 0 aromatic carbocycles. The SMILES string of the molecule is Cn1cnnc1CNS(=O)(=O)c1ccc(C(=O)O)cn1. The third-order valence-electron chi connectivity index (χ3n) is 2.48. The van der Waals surface area contributed by atoms with Gasteiger partial charge in [-0.3, -0.25) is 0 Å². The normalized spacial score (nSPS) is 11.4. The summed E-state index contributed by atoms with van der Waals surface area (Å²) in [6.45, 7) is -0.0405. The third kappa shape index (κ3) is 2.97. The molecule has 0 aliphatic heterocycles. The molecule has 2 heterocycles. The molecule has 0 amide bonds. The number of rotatable bonds is 5. The molecule has 0 aliphatic rings. The van der Waals surface area contributed by atoms with E-state index >= 15 is 0 Å². The van der Waals surface area contributed by atoms with Gasteiger partial charge in [0.1, 0.15) is 12.2 Å². The highest BCUT2D eigenvalue weighted by molar-refractivity contribution is 7.89. The average molecular weight is 297 g/mol. The Balaban J connectivity index is 2.14. The molecule has 0 bridgehead atoms. The molecule has 2 rings (SSSR count). The number of nitrogens with zero attached hydrogens (tertiary/aromatic N) is 4. The summed E-state index contributed by atoms with van der Waals surface area (Å²) >= 11 is 0. The van der Waals surface area contributed by atoms with Crippen LogP contribution < -0.4 is 4.72 Å². The van der Waals surface area contributed by atoms with E-state index in [1.807, 2.05) is 0 Å². The maximum atomic E-state index is 11.9. The first-order valence-electron chi connectivity index (χ1n) is 5.42. The van der Waals surface area contributed by atoms with E-state index in [4.69, 9.17) is 5.11 Å². The highest BCUT2D eigenvalue weighted by atomic mass is 32.2. The lowest BCUT2D eigenvalue weighted by Gasteiger charge is -2.05. The number of aromatic nitrogens is 4. The van der Waals surface area contributed by atoms with Crippen molar-refractivity contribution in [2.45, 2.75) is 11.6 Å². The fraction of sp³-hybridized carbons (Fsp3) is 0.200. The Morgan fingerprint density at radius 3 is 2.70 bits per heavy atom. The van der Waals surface area contributed by atoms with Gasteiger partial charge < -0.3 is 9.67 Å². The van der Waals surface area contributed by atoms with Crippen LogP contribution >= 0.6 is 0 Å². The zero-order valence-electron chi connectivity index (χ0n) is 10.4. The van der Waals surface area contributed by atoms with Crippen molar-refractivity contribution in [3.05, 3.63) is 36.0 Å². The van der Waals surface area contributed by atoms with Crippen LogP contribution in [-0.2, 0) is 23.6 Å². The topological polar surface area (TPSA) is 127 Å². The van der Waals surface area contributed by atoms with Gasteiger partial charge in [-0.25, -0.2) is 22.9 Å². The van der Waals surface area contributed by atoms with E-state index in [1.165, 1.54) is 12.4 Å². The van der Waals surface area contributed by atoms with Crippen molar-refractivity contribution in [3.63, 3.8) is 0 Å². The number of carbonyl (C=O) groups is 1. The average Bonchev–Trinajstić information content (AvgIpc) is 2.82. The molecule has 0 unspecified atom stereocenters. The lowest BCUT2D eigenvalue weighted by molar-refractivity contribution is 0.0696. The Labute approximate surface area is 114 Å². The van der Waals surface area contributed by atoms with Crippen LogP contribution in [-0.4, -0.2) is 39.2 Å². The second kappa shape index (κ2) is 5.35. The second-order valence-electron chi connectivity index (χ2n) is 3.87. The maximum absolute atomic E-state index is 11.9. The van der Waals surface area contributed by atoms with Gasteiger partial charge in [0.2, 0.25) is 0 Å². The summed E-state index contributed by atoms with van der Waals surface area (Å²) in [5, 5.41) is 15.8. The van der Waals surface area contributed by atoms with Crippen LogP contribution in [0.1, 0.15) is 16.2 Å². The molecule has 0 spiro atoms. The number of hydrogen-bond donors (Lipinski definition) is 2. The second-order valence-corrected chi connectivity index (χ2v) is 5.59. The van der Waals surface area contributed by atoms with Crippen molar-refractivity contribution in [3.8, 4) is 0 Å². The van der Waals surface area contributed by atoms with Crippen molar-refractivity contribution in [2.24, 2.45) is 7.05 Å². The summed E-state index contributed by atoms with van der Waals surface area (Å²) in [7, 11) is -2.15. The van der Waals surface area contributed by atoms with Gasteiger partial charge in [0.25, 0.3) is 10.0 Å². The van der Waals surface area contributed by atoms with Gasteiger partial charge >= 0.3 is 5.97 Å². The third-order valence-corrected chi connectivity index (χ3v) is 3.80. The molecule has 2 N–H and O–H groups in total. The van der Waals surface area contributed by atoms with Crippen LogP contribution in [0.15, 0.2) is 29.7 Å². The van der Waals surface area contributed by atoms with E-state index in [1.54, 1.807) is 11.6 Å². The molecule has 0 saturated carbocycles. The monoisotopic (exact) mass is 297 g/mol. The number of aromatic carboxylic acids is 1. The molecule has 0 aliphatic carbocycles. The summed E-state index contributed by atoms with van der Waals surface area (Å²) in [6, 6.07) is 2.30. The molecule has 2 aromatic heterocycles. The molecule has 0 saturated heterocycles. The van der Waals surface area contributed by atoms with Gasteiger partial charge in [-0.05, 0) is 12.1 Å². The number of hydrogen-bond acceptors (Lipinski definition) is 6. The fourth-order valence-electron chi connectivity index (χ4n) is 1.37. The van der Waals surface area contributed by atoms with Crippen LogP contribution in [0.4, 0.5) is 0 Å². The van der Waals surface area contributed by atoms with E-state index < -0.39 is 16.0 Å². The number of aryl methyl sites for hydroxylation is 1. The lowest BCUT2D eigenvalue weighted by Crippen LogP contribution is -2.25. The smallest absolute Gasteiger partial charge is 0.337 e. The van der Waals surface area contributed by atoms with E-state index in [0.717, 1.165) is 12.3 Å². The largest absolute Gasteiger partial charge is 0.478 e. The number of pyridine rings is 1. The Morgan fingerprint density at radius 2 is 2.20 bits per heavy atom. The summed E-state index contributed by atoms with van der Waals surface area (Å²) in [4.78, 5) is 14.3. The Bertz CT molecular complexity index is 722. The van der Waals surface area contributed by atoms with Gasteiger partial charge in [0.15, 0.2) is 5.03 Å². The molecular weight excluding hydrogens is 286 g/mol. The molecule has 20 heavy (non-hydrogen) atoms. The minimum Gasteiger partial charge on any atom is -0.478 e. The minimum atomic E-state index is -3.83. The standard InChI is InChI=1S/C10H11N5O4S/c1-15-6-12-14-8(15)5-13-20(18,19)9-3-2-7(4-11-9)10(16)17/h2-4,6,13H,5H2,1H3,(H,16,17). The Kier molecular flexibility index (Phi) is 3.77. The highest BCUT2D eigenvalue weighted by Gasteiger charge is 2.17. The summed E-state index contributed by atoms with van der Waals surface area (Å²) in [5.41, 5.74) is -0.0859. The van der Waals surface area contributed by atoms with Gasteiger partial charge in [0, 0.05) is 13.2 Å². The lowest BCUT2D eigenvalue weighted by atomic mass is 10.3. The van der Waals surface area contributed by atoms with Gasteiger partial charge in [-0.1, -0.05) is 0 Å². The Morgan fingerprint density at radius 1 is 1.45 bits per heavy atom. The molecular formula is C10H11N5O4S. The first-order valence-corrected chi connectivity index (χ1v) is 6.90. The van der Waals surface area contributed by atoms with E-state index in [2.05, 4.69) is 19.9 Å². The first-order chi connectivity index (χ1) is 9.40. The zero-order chi connectivity index (χ0) is 14.8. The van der Waals surface area contributed by atoms with Gasteiger partial charge in [-0.15, -0.1) is 10.2 Å². The van der Waals surface area contributed by atoms with Crippen LogP contribution in [0, 0.1) is 0 Å². The van der Waals surface area contributed by atoms with Crippen molar-refractivity contribution in [1.29, 1.82) is 0 Å². The number of nitrogens with one attached hydrogen (secondary N) is 1. The molecule has 0 fully saturated rings. The van der Waals surface area contributed by atoms with Crippen molar-refractivity contribution in [2.75, 3.05) is 0 Å².